The molecule has 104 valence electrons. The van der Waals surface area contributed by atoms with Crippen LogP contribution in [0.2, 0.25) is 0 Å². The highest BCUT2D eigenvalue weighted by Gasteiger charge is 2.11. The lowest BCUT2D eigenvalue weighted by molar-refractivity contribution is 0.621. The van der Waals surface area contributed by atoms with Crippen LogP contribution in [0.1, 0.15) is 24.8 Å². The average Bonchev–Trinajstić information content (AvgIpc) is 2.41. The van der Waals surface area contributed by atoms with E-state index in [1.807, 2.05) is 13.0 Å². The summed E-state index contributed by atoms with van der Waals surface area (Å²) >= 11 is 0. The molecule has 0 aromatic heterocycles. The van der Waals surface area contributed by atoms with Crippen molar-refractivity contribution in [3.05, 3.63) is 66.3 Å². The van der Waals surface area contributed by atoms with Gasteiger partial charge >= 0.3 is 0 Å². The molecule has 2 rings (SSSR count). The van der Waals surface area contributed by atoms with Gasteiger partial charge in [0.15, 0.2) is 0 Å². The van der Waals surface area contributed by atoms with Gasteiger partial charge in [-0.15, -0.1) is 6.58 Å². The Kier molecular flexibility index (Phi) is 4.18. The normalized spacial score (nSPS) is 12.2. The van der Waals surface area contributed by atoms with Crippen molar-refractivity contribution in [3.63, 3.8) is 0 Å². The second kappa shape index (κ2) is 5.87. The number of rotatable bonds is 4. The van der Waals surface area contributed by atoms with E-state index in [-0.39, 0.29) is 17.6 Å². The zero-order valence-corrected chi connectivity index (χ0v) is 11.4. The van der Waals surface area contributed by atoms with E-state index in [4.69, 9.17) is 5.73 Å². The summed E-state index contributed by atoms with van der Waals surface area (Å²) in [7, 11) is 0. The Morgan fingerprint density at radius 2 is 1.90 bits per heavy atom. The number of hydrogen-bond donors (Lipinski definition) is 1. The van der Waals surface area contributed by atoms with Gasteiger partial charge in [-0.1, -0.05) is 19.1 Å². The third kappa shape index (κ3) is 3.05. The third-order valence-corrected chi connectivity index (χ3v) is 3.34. The first-order valence-electron chi connectivity index (χ1n) is 6.48. The van der Waals surface area contributed by atoms with E-state index in [0.717, 1.165) is 12.0 Å². The molecule has 3 heteroatoms. The minimum absolute atomic E-state index is 0.150. The van der Waals surface area contributed by atoms with E-state index >= 15 is 0 Å². The molecule has 0 bridgehead atoms. The average molecular weight is 273 g/mol. The fourth-order valence-electron chi connectivity index (χ4n) is 2.22. The van der Waals surface area contributed by atoms with E-state index in [2.05, 4.69) is 6.58 Å². The molecule has 0 heterocycles. The van der Waals surface area contributed by atoms with Gasteiger partial charge < -0.3 is 5.73 Å². The summed E-state index contributed by atoms with van der Waals surface area (Å²) in [6.45, 7) is 5.69. The second-order valence-electron chi connectivity index (χ2n) is 4.93. The number of anilines is 1. The smallest absolute Gasteiger partial charge is 0.124 e. The summed E-state index contributed by atoms with van der Waals surface area (Å²) in [4.78, 5) is 0. The first kappa shape index (κ1) is 14.3. The SMILES string of the molecule is C=CC[C@H](C)c1cc(F)cc(-c2cc(F)ccc2N)c1. The summed E-state index contributed by atoms with van der Waals surface area (Å²) in [5, 5.41) is 0. The van der Waals surface area contributed by atoms with Crippen LogP contribution >= 0.6 is 0 Å². The molecule has 0 aliphatic carbocycles. The summed E-state index contributed by atoms with van der Waals surface area (Å²) in [6.07, 6.45) is 2.55. The van der Waals surface area contributed by atoms with Crippen LogP contribution in [0, 0.1) is 11.6 Å². The molecule has 0 spiro atoms. The third-order valence-electron chi connectivity index (χ3n) is 3.34. The number of nitrogens with two attached hydrogens (primary N) is 1. The highest BCUT2D eigenvalue weighted by molar-refractivity contribution is 5.76. The minimum Gasteiger partial charge on any atom is -0.398 e. The summed E-state index contributed by atoms with van der Waals surface area (Å²) < 4.78 is 27.1. The van der Waals surface area contributed by atoms with Gasteiger partial charge in [0.2, 0.25) is 0 Å². The number of benzene rings is 2. The highest BCUT2D eigenvalue weighted by atomic mass is 19.1. The zero-order chi connectivity index (χ0) is 14.7. The second-order valence-corrected chi connectivity index (χ2v) is 4.93. The first-order valence-corrected chi connectivity index (χ1v) is 6.48. The predicted molar refractivity (Wildman–Crippen MR) is 79.4 cm³/mol. The summed E-state index contributed by atoms with van der Waals surface area (Å²) in [5.41, 5.74) is 8.23. The Morgan fingerprint density at radius 1 is 1.15 bits per heavy atom. The van der Waals surface area contributed by atoms with Crippen LogP contribution in [-0.2, 0) is 0 Å². The number of allylic oxidation sites excluding steroid dienone is 1. The van der Waals surface area contributed by atoms with Crippen molar-refractivity contribution in [2.75, 3.05) is 5.73 Å². The maximum Gasteiger partial charge on any atom is 0.124 e. The van der Waals surface area contributed by atoms with Crippen molar-refractivity contribution in [1.29, 1.82) is 0 Å². The van der Waals surface area contributed by atoms with E-state index in [1.165, 1.54) is 30.3 Å². The van der Waals surface area contributed by atoms with E-state index < -0.39 is 0 Å². The lowest BCUT2D eigenvalue weighted by Crippen LogP contribution is -1.96. The fourth-order valence-corrected chi connectivity index (χ4v) is 2.22. The molecule has 0 amide bonds. The number of hydrogen-bond acceptors (Lipinski definition) is 1. The lowest BCUT2D eigenvalue weighted by Gasteiger charge is -2.13. The largest absolute Gasteiger partial charge is 0.398 e. The van der Waals surface area contributed by atoms with Crippen LogP contribution in [0.5, 0.6) is 0 Å². The number of nitrogen functional groups attached to an aromatic ring is 1. The molecule has 20 heavy (non-hydrogen) atoms. The van der Waals surface area contributed by atoms with Gasteiger partial charge in [-0.2, -0.15) is 0 Å². The topological polar surface area (TPSA) is 26.0 Å². The fraction of sp³-hybridized carbons (Fsp3) is 0.176. The van der Waals surface area contributed by atoms with Crippen molar-refractivity contribution in [1.82, 2.24) is 0 Å². The Hall–Kier alpha value is -2.16. The molecule has 0 unspecified atom stereocenters. The minimum atomic E-state index is -0.390. The van der Waals surface area contributed by atoms with Gasteiger partial charge in [-0.25, -0.2) is 8.78 Å². The van der Waals surface area contributed by atoms with Crippen LogP contribution < -0.4 is 5.73 Å². The molecule has 0 saturated carbocycles. The molecular weight excluding hydrogens is 256 g/mol. The highest BCUT2D eigenvalue weighted by Crippen LogP contribution is 2.31. The van der Waals surface area contributed by atoms with Crippen molar-refractivity contribution in [2.45, 2.75) is 19.3 Å². The Balaban J connectivity index is 2.51. The van der Waals surface area contributed by atoms with Crippen molar-refractivity contribution >= 4 is 5.69 Å². The van der Waals surface area contributed by atoms with Crippen molar-refractivity contribution in [2.24, 2.45) is 0 Å². The van der Waals surface area contributed by atoms with Gasteiger partial charge in [0.1, 0.15) is 11.6 Å². The van der Waals surface area contributed by atoms with Crippen LogP contribution in [0.15, 0.2) is 49.1 Å². The Bertz CT molecular complexity index is 635. The van der Waals surface area contributed by atoms with Crippen LogP contribution in [0.4, 0.5) is 14.5 Å². The molecule has 0 aliphatic heterocycles. The predicted octanol–water partition coefficient (Wildman–Crippen LogP) is 4.89. The van der Waals surface area contributed by atoms with Crippen LogP contribution in [0.25, 0.3) is 11.1 Å². The van der Waals surface area contributed by atoms with E-state index in [9.17, 15) is 8.78 Å². The number of halogens is 2. The molecule has 0 saturated heterocycles. The Morgan fingerprint density at radius 3 is 2.60 bits per heavy atom. The molecule has 0 fully saturated rings. The van der Waals surface area contributed by atoms with Gasteiger partial charge in [-0.3, -0.25) is 0 Å². The quantitative estimate of drug-likeness (QED) is 0.622. The van der Waals surface area contributed by atoms with Crippen molar-refractivity contribution < 1.29 is 8.78 Å². The Labute approximate surface area is 117 Å². The zero-order valence-electron chi connectivity index (χ0n) is 11.4. The lowest BCUT2D eigenvalue weighted by atomic mass is 9.93. The monoisotopic (exact) mass is 273 g/mol. The molecule has 0 aliphatic rings. The molecule has 1 atom stereocenters. The molecule has 2 N–H and O–H groups in total. The van der Waals surface area contributed by atoms with Crippen molar-refractivity contribution in [3.8, 4) is 11.1 Å². The van der Waals surface area contributed by atoms with Gasteiger partial charge in [0.25, 0.3) is 0 Å². The van der Waals surface area contributed by atoms with E-state index in [1.54, 1.807) is 6.08 Å². The molecular formula is C17H17F2N. The van der Waals surface area contributed by atoms with E-state index in [0.29, 0.717) is 16.8 Å². The molecule has 1 nitrogen and oxygen atoms in total. The molecule has 2 aromatic rings. The standard InChI is InChI=1S/C17H17F2N/c1-3-4-11(2)12-7-13(9-15(19)8-12)16-10-14(18)5-6-17(16)20/h3,5-11H,1,4,20H2,2H3/t11-/m0/s1. The maximum atomic E-state index is 13.8. The van der Waals surface area contributed by atoms with Gasteiger partial charge in [0.05, 0.1) is 0 Å². The van der Waals surface area contributed by atoms with Gasteiger partial charge in [0, 0.05) is 11.3 Å². The molecule has 0 radical (unpaired) electrons. The molecule has 2 aromatic carbocycles. The maximum absolute atomic E-state index is 13.8. The van der Waals surface area contributed by atoms with Gasteiger partial charge in [-0.05, 0) is 53.8 Å². The summed E-state index contributed by atoms with van der Waals surface area (Å²) in [5.74, 6) is -0.590. The van der Waals surface area contributed by atoms with Crippen LogP contribution in [0.3, 0.4) is 0 Å². The summed E-state index contributed by atoms with van der Waals surface area (Å²) in [6, 6.07) is 8.82. The first-order chi connectivity index (χ1) is 9.51. The van der Waals surface area contributed by atoms with Crippen LogP contribution in [-0.4, -0.2) is 0 Å².